The number of carbonyl (C=O) groups is 1. The molecule has 2 aromatic carbocycles. The first-order valence-corrected chi connectivity index (χ1v) is 7.00. The first-order valence-electron chi connectivity index (χ1n) is 7.00. The van der Waals surface area contributed by atoms with E-state index in [1.54, 1.807) is 6.08 Å². The first-order chi connectivity index (χ1) is 10.2. The van der Waals surface area contributed by atoms with Gasteiger partial charge in [-0.1, -0.05) is 48.5 Å². The summed E-state index contributed by atoms with van der Waals surface area (Å²) >= 11 is 0. The molecule has 104 valence electrons. The number of hydrogen-bond acceptors (Lipinski definition) is 1. The number of hydrogen-bond donors (Lipinski definition) is 0. The monoisotopic (exact) mass is 275 g/mol. The molecule has 0 aliphatic carbocycles. The molecular weight excluding hydrogens is 258 g/mol. The van der Waals surface area contributed by atoms with Gasteiger partial charge in [0.25, 0.3) is 0 Å². The lowest BCUT2D eigenvalue weighted by molar-refractivity contribution is 0.104. The van der Waals surface area contributed by atoms with E-state index in [0.29, 0.717) is 5.56 Å². The average Bonchev–Trinajstić information content (AvgIpc) is 2.78. The molecule has 0 radical (unpaired) electrons. The molecule has 0 N–H and O–H groups in total. The largest absolute Gasteiger partial charge is 0.347 e. The van der Waals surface area contributed by atoms with Crippen molar-refractivity contribution < 1.29 is 4.79 Å². The number of carbonyl (C=O) groups excluding carboxylic acids is 1. The van der Waals surface area contributed by atoms with Gasteiger partial charge in [-0.25, -0.2) is 0 Å². The van der Waals surface area contributed by atoms with Crippen LogP contribution in [0.1, 0.15) is 21.6 Å². The fourth-order valence-corrected chi connectivity index (χ4v) is 2.62. The highest BCUT2D eigenvalue weighted by molar-refractivity contribution is 6.08. The molecule has 2 nitrogen and oxygen atoms in total. The molecule has 21 heavy (non-hydrogen) atoms. The molecule has 0 unspecified atom stereocenters. The summed E-state index contributed by atoms with van der Waals surface area (Å²) in [7, 11) is 2.05. The Morgan fingerprint density at radius 1 is 1.00 bits per heavy atom. The molecule has 2 heteroatoms. The Hall–Kier alpha value is -2.61. The Kier molecular flexibility index (Phi) is 3.44. The van der Waals surface area contributed by atoms with Crippen molar-refractivity contribution >= 4 is 22.8 Å². The topological polar surface area (TPSA) is 22.0 Å². The summed E-state index contributed by atoms with van der Waals surface area (Å²) in [4.78, 5) is 12.2. The zero-order valence-corrected chi connectivity index (χ0v) is 12.2. The zero-order valence-electron chi connectivity index (χ0n) is 12.2. The molecule has 0 spiro atoms. The molecule has 3 aromatic rings. The summed E-state index contributed by atoms with van der Waals surface area (Å²) < 4.78 is 2.15. The quantitative estimate of drug-likeness (QED) is 0.513. The maximum Gasteiger partial charge on any atom is 0.185 e. The standard InChI is InChI=1S/C19H17NO/c1-14-16(17-10-6-7-11-18(17)20(14)2)12-13-19(21)15-8-4-3-5-9-15/h3-13H,1-2H3/b13-12-. The van der Waals surface area contributed by atoms with E-state index in [1.165, 1.54) is 10.9 Å². The van der Waals surface area contributed by atoms with Gasteiger partial charge < -0.3 is 4.57 Å². The molecule has 3 rings (SSSR count). The average molecular weight is 275 g/mol. The number of benzene rings is 2. The minimum atomic E-state index is 0.0305. The molecule has 0 amide bonds. The Balaban J connectivity index is 2.01. The Morgan fingerprint density at radius 3 is 2.43 bits per heavy atom. The van der Waals surface area contributed by atoms with E-state index >= 15 is 0 Å². The Morgan fingerprint density at radius 2 is 1.67 bits per heavy atom. The van der Waals surface area contributed by atoms with Gasteiger partial charge in [0, 0.05) is 34.8 Å². The number of fused-ring (bicyclic) bond motifs is 1. The van der Waals surface area contributed by atoms with Gasteiger partial charge in [-0.3, -0.25) is 4.79 Å². The lowest BCUT2D eigenvalue weighted by Gasteiger charge is -1.98. The second kappa shape index (κ2) is 5.41. The number of para-hydroxylation sites is 1. The number of aryl methyl sites for hydroxylation is 1. The number of ketones is 1. The predicted molar refractivity (Wildman–Crippen MR) is 87.5 cm³/mol. The van der Waals surface area contributed by atoms with Crippen LogP contribution in [-0.4, -0.2) is 10.4 Å². The second-order valence-corrected chi connectivity index (χ2v) is 5.14. The molecular formula is C19H17NO. The lowest BCUT2D eigenvalue weighted by Crippen LogP contribution is -1.93. The van der Waals surface area contributed by atoms with Crippen molar-refractivity contribution in [2.75, 3.05) is 0 Å². The molecule has 1 heterocycles. The number of nitrogens with zero attached hydrogens (tertiary/aromatic N) is 1. The highest BCUT2D eigenvalue weighted by Crippen LogP contribution is 2.25. The molecule has 0 fully saturated rings. The smallest absolute Gasteiger partial charge is 0.185 e. The van der Waals surface area contributed by atoms with Gasteiger partial charge in [0.2, 0.25) is 0 Å². The van der Waals surface area contributed by atoms with Crippen molar-refractivity contribution in [2.24, 2.45) is 7.05 Å². The van der Waals surface area contributed by atoms with Crippen LogP contribution in [0.5, 0.6) is 0 Å². The van der Waals surface area contributed by atoms with E-state index < -0.39 is 0 Å². The van der Waals surface area contributed by atoms with Crippen LogP contribution >= 0.6 is 0 Å². The fourth-order valence-electron chi connectivity index (χ4n) is 2.62. The Bertz CT molecular complexity index is 825. The van der Waals surface area contributed by atoms with Gasteiger partial charge >= 0.3 is 0 Å². The van der Waals surface area contributed by atoms with E-state index in [2.05, 4.69) is 23.6 Å². The van der Waals surface area contributed by atoms with Crippen molar-refractivity contribution in [2.45, 2.75) is 6.92 Å². The number of rotatable bonds is 3. The SMILES string of the molecule is Cc1c(/C=C\C(=O)c2ccccc2)c2ccccc2n1C. The van der Waals surface area contributed by atoms with Gasteiger partial charge in [-0.05, 0) is 25.1 Å². The van der Waals surface area contributed by atoms with Gasteiger partial charge in [0.05, 0.1) is 0 Å². The maximum absolute atomic E-state index is 12.2. The van der Waals surface area contributed by atoms with Gasteiger partial charge in [0.15, 0.2) is 5.78 Å². The van der Waals surface area contributed by atoms with Crippen molar-refractivity contribution in [1.29, 1.82) is 0 Å². The van der Waals surface area contributed by atoms with Gasteiger partial charge in [0.1, 0.15) is 0 Å². The molecule has 0 saturated heterocycles. The van der Waals surface area contributed by atoms with Crippen molar-refractivity contribution in [3.63, 3.8) is 0 Å². The van der Waals surface area contributed by atoms with Crippen LogP contribution in [0.4, 0.5) is 0 Å². The van der Waals surface area contributed by atoms with Crippen LogP contribution in [0.25, 0.3) is 17.0 Å². The third kappa shape index (κ3) is 2.40. The molecule has 0 atom stereocenters. The van der Waals surface area contributed by atoms with E-state index in [9.17, 15) is 4.79 Å². The fraction of sp³-hybridized carbons (Fsp3) is 0.105. The summed E-state index contributed by atoms with van der Waals surface area (Å²) in [6.45, 7) is 2.08. The van der Waals surface area contributed by atoms with Crippen LogP contribution in [0.2, 0.25) is 0 Å². The summed E-state index contributed by atoms with van der Waals surface area (Å²) in [5.41, 5.74) is 4.17. The normalized spacial score (nSPS) is 11.3. The van der Waals surface area contributed by atoms with E-state index in [1.807, 2.05) is 55.6 Å². The van der Waals surface area contributed by atoms with Crippen molar-refractivity contribution in [3.05, 3.63) is 77.5 Å². The predicted octanol–water partition coefficient (Wildman–Crippen LogP) is 4.38. The highest BCUT2D eigenvalue weighted by Gasteiger charge is 2.09. The van der Waals surface area contributed by atoms with Crippen LogP contribution in [0.15, 0.2) is 60.7 Å². The van der Waals surface area contributed by atoms with E-state index in [0.717, 1.165) is 11.3 Å². The van der Waals surface area contributed by atoms with Gasteiger partial charge in [-0.2, -0.15) is 0 Å². The van der Waals surface area contributed by atoms with Crippen molar-refractivity contribution in [1.82, 2.24) is 4.57 Å². The van der Waals surface area contributed by atoms with Crippen LogP contribution in [-0.2, 0) is 7.05 Å². The highest BCUT2D eigenvalue weighted by atomic mass is 16.1. The molecule has 0 bridgehead atoms. The van der Waals surface area contributed by atoms with Crippen LogP contribution in [0.3, 0.4) is 0 Å². The van der Waals surface area contributed by atoms with Gasteiger partial charge in [-0.15, -0.1) is 0 Å². The summed E-state index contributed by atoms with van der Waals surface area (Å²) in [5.74, 6) is 0.0305. The third-order valence-electron chi connectivity index (χ3n) is 3.91. The summed E-state index contributed by atoms with van der Waals surface area (Å²) in [6, 6.07) is 17.6. The number of allylic oxidation sites excluding steroid dienone is 1. The van der Waals surface area contributed by atoms with Crippen LogP contribution in [0, 0.1) is 6.92 Å². The van der Waals surface area contributed by atoms with Crippen molar-refractivity contribution in [3.8, 4) is 0 Å². The number of aromatic nitrogens is 1. The van der Waals surface area contributed by atoms with Crippen LogP contribution < -0.4 is 0 Å². The molecule has 0 aliphatic heterocycles. The van der Waals surface area contributed by atoms with E-state index in [4.69, 9.17) is 0 Å². The minimum absolute atomic E-state index is 0.0305. The van der Waals surface area contributed by atoms with E-state index in [-0.39, 0.29) is 5.78 Å². The molecule has 0 saturated carbocycles. The zero-order chi connectivity index (χ0) is 14.8. The second-order valence-electron chi connectivity index (χ2n) is 5.14. The maximum atomic E-state index is 12.2. The summed E-state index contributed by atoms with van der Waals surface area (Å²) in [6.07, 6.45) is 3.58. The lowest BCUT2D eigenvalue weighted by atomic mass is 10.1. The third-order valence-corrected chi connectivity index (χ3v) is 3.91. The Labute approximate surface area is 124 Å². The minimum Gasteiger partial charge on any atom is -0.347 e. The molecule has 0 aliphatic rings. The summed E-state index contributed by atoms with van der Waals surface area (Å²) in [5, 5.41) is 1.18. The molecule has 1 aromatic heterocycles. The first kappa shape index (κ1) is 13.4.